The first-order chi connectivity index (χ1) is 14.8. The third kappa shape index (κ3) is 4.30. The van der Waals surface area contributed by atoms with Gasteiger partial charge in [-0.05, 0) is 40.8 Å². The fraction of sp³-hybridized carbons (Fsp3) is 0.160. The lowest BCUT2D eigenvalue weighted by Gasteiger charge is -2.08. The lowest BCUT2D eigenvalue weighted by Crippen LogP contribution is -2.07. The summed E-state index contributed by atoms with van der Waals surface area (Å²) in [5.41, 5.74) is 4.98. The first kappa shape index (κ1) is 19.6. The fourth-order valence-corrected chi connectivity index (χ4v) is 3.37. The number of unbranched alkanes of at least 4 members (excludes halogenated alkanes) is 1. The standard InChI is InChI=1S/C25H23N3O2/c1-2-3-15-30-25(29)23-17-20(16-19-10-5-6-12-21(19)23)26-28-27-24-14-8-11-18-9-4-7-13-22(18)24/h4-14,16-17H,2-3,15H2,1H3,(H,26,27). The summed E-state index contributed by atoms with van der Waals surface area (Å²) in [6, 6.07) is 25.4. The highest BCUT2D eigenvalue weighted by Crippen LogP contribution is 2.28. The number of rotatable bonds is 7. The van der Waals surface area contributed by atoms with Gasteiger partial charge in [-0.2, -0.15) is 0 Å². The molecular formula is C25H23N3O2. The van der Waals surface area contributed by atoms with E-state index in [1.54, 1.807) is 6.07 Å². The Bertz CT molecular complexity index is 1210. The number of esters is 1. The maximum absolute atomic E-state index is 12.6. The number of ether oxygens (including phenoxy) is 1. The van der Waals surface area contributed by atoms with Crippen LogP contribution < -0.4 is 5.43 Å². The van der Waals surface area contributed by atoms with Crippen molar-refractivity contribution in [1.29, 1.82) is 0 Å². The van der Waals surface area contributed by atoms with Crippen molar-refractivity contribution >= 4 is 38.9 Å². The number of benzene rings is 4. The Hall–Kier alpha value is -3.73. The molecule has 5 heteroatoms. The topological polar surface area (TPSA) is 63.0 Å². The number of hydrogen-bond donors (Lipinski definition) is 1. The molecule has 30 heavy (non-hydrogen) atoms. The van der Waals surface area contributed by atoms with E-state index in [4.69, 9.17) is 4.74 Å². The molecule has 0 heterocycles. The van der Waals surface area contributed by atoms with Crippen molar-refractivity contribution in [3.8, 4) is 0 Å². The van der Waals surface area contributed by atoms with Crippen LogP contribution >= 0.6 is 0 Å². The highest BCUT2D eigenvalue weighted by molar-refractivity contribution is 6.05. The van der Waals surface area contributed by atoms with Gasteiger partial charge in [0.2, 0.25) is 0 Å². The van der Waals surface area contributed by atoms with Crippen LogP contribution in [-0.2, 0) is 4.74 Å². The van der Waals surface area contributed by atoms with Crippen LogP contribution in [0.3, 0.4) is 0 Å². The Morgan fingerprint density at radius 3 is 2.47 bits per heavy atom. The molecule has 0 aliphatic heterocycles. The second kappa shape index (κ2) is 9.18. The summed E-state index contributed by atoms with van der Waals surface area (Å²) in [4.78, 5) is 12.6. The van der Waals surface area contributed by atoms with Crippen molar-refractivity contribution in [1.82, 2.24) is 0 Å². The molecule has 150 valence electrons. The Labute approximate surface area is 175 Å². The zero-order chi connectivity index (χ0) is 20.8. The minimum absolute atomic E-state index is 0.335. The van der Waals surface area contributed by atoms with Crippen molar-refractivity contribution in [2.24, 2.45) is 10.3 Å². The zero-order valence-corrected chi connectivity index (χ0v) is 16.8. The van der Waals surface area contributed by atoms with Crippen LogP contribution in [0.5, 0.6) is 0 Å². The molecule has 0 radical (unpaired) electrons. The summed E-state index contributed by atoms with van der Waals surface area (Å²) in [7, 11) is 0. The largest absolute Gasteiger partial charge is 0.462 e. The predicted molar refractivity (Wildman–Crippen MR) is 121 cm³/mol. The number of nitrogens with one attached hydrogen (secondary N) is 1. The van der Waals surface area contributed by atoms with E-state index in [0.29, 0.717) is 17.9 Å². The number of hydrogen-bond acceptors (Lipinski definition) is 4. The molecule has 0 bridgehead atoms. The van der Waals surface area contributed by atoms with Gasteiger partial charge in [-0.3, -0.25) is 5.43 Å². The van der Waals surface area contributed by atoms with Crippen LogP contribution in [0.25, 0.3) is 21.5 Å². The molecule has 0 aromatic heterocycles. The van der Waals surface area contributed by atoms with E-state index in [-0.39, 0.29) is 5.97 Å². The quantitative estimate of drug-likeness (QED) is 0.157. The van der Waals surface area contributed by atoms with Crippen molar-refractivity contribution in [3.63, 3.8) is 0 Å². The van der Waals surface area contributed by atoms with Crippen molar-refractivity contribution in [3.05, 3.63) is 84.4 Å². The predicted octanol–water partition coefficient (Wildman–Crippen LogP) is 7.06. The normalized spacial score (nSPS) is 11.2. The third-order valence-electron chi connectivity index (χ3n) is 4.92. The van der Waals surface area contributed by atoms with Crippen LogP contribution in [-0.4, -0.2) is 12.6 Å². The van der Waals surface area contributed by atoms with Gasteiger partial charge in [0.15, 0.2) is 0 Å². The molecule has 5 nitrogen and oxygen atoms in total. The summed E-state index contributed by atoms with van der Waals surface area (Å²) in [5.74, 6) is -0.335. The second-order valence-electron chi connectivity index (χ2n) is 7.04. The number of fused-ring (bicyclic) bond motifs is 2. The Balaban J connectivity index is 1.61. The SMILES string of the molecule is CCCCOC(=O)c1cc(/N=N/Nc2cccc3ccccc23)cc2ccccc12. The fourth-order valence-electron chi connectivity index (χ4n) is 3.37. The zero-order valence-electron chi connectivity index (χ0n) is 16.8. The van der Waals surface area contributed by atoms with Crippen molar-refractivity contribution in [2.75, 3.05) is 12.0 Å². The summed E-state index contributed by atoms with van der Waals surface area (Å²) in [6.45, 7) is 2.48. The molecule has 0 saturated carbocycles. The maximum Gasteiger partial charge on any atom is 0.338 e. The van der Waals surface area contributed by atoms with E-state index in [2.05, 4.69) is 34.8 Å². The van der Waals surface area contributed by atoms with Gasteiger partial charge in [-0.25, -0.2) is 4.79 Å². The van der Waals surface area contributed by atoms with Gasteiger partial charge in [-0.15, -0.1) is 5.11 Å². The molecule has 4 rings (SSSR count). The Kier molecular flexibility index (Phi) is 5.99. The number of carbonyl (C=O) groups excluding carboxylic acids is 1. The summed E-state index contributed by atoms with van der Waals surface area (Å²) >= 11 is 0. The molecule has 4 aromatic rings. The van der Waals surface area contributed by atoms with E-state index in [1.165, 1.54) is 0 Å². The lowest BCUT2D eigenvalue weighted by atomic mass is 10.0. The van der Waals surface area contributed by atoms with Gasteiger partial charge in [-0.1, -0.05) is 79.2 Å². The van der Waals surface area contributed by atoms with Gasteiger partial charge in [0, 0.05) is 5.39 Å². The molecular weight excluding hydrogens is 374 g/mol. The Morgan fingerprint density at radius 2 is 1.63 bits per heavy atom. The van der Waals surface area contributed by atoms with Gasteiger partial charge in [0.25, 0.3) is 0 Å². The van der Waals surface area contributed by atoms with E-state index < -0.39 is 0 Å². The summed E-state index contributed by atoms with van der Waals surface area (Å²) in [6.07, 6.45) is 1.82. The van der Waals surface area contributed by atoms with Crippen LogP contribution in [0, 0.1) is 0 Å². The lowest BCUT2D eigenvalue weighted by molar-refractivity contribution is 0.0502. The molecule has 0 fully saturated rings. The van der Waals surface area contributed by atoms with Crippen LogP contribution in [0.2, 0.25) is 0 Å². The average molecular weight is 397 g/mol. The van der Waals surface area contributed by atoms with Crippen LogP contribution in [0.4, 0.5) is 11.4 Å². The molecule has 0 spiro atoms. The molecule has 0 aliphatic rings. The highest BCUT2D eigenvalue weighted by Gasteiger charge is 2.13. The maximum atomic E-state index is 12.6. The van der Waals surface area contributed by atoms with E-state index >= 15 is 0 Å². The monoisotopic (exact) mass is 397 g/mol. The minimum atomic E-state index is -0.335. The van der Waals surface area contributed by atoms with Gasteiger partial charge < -0.3 is 4.74 Å². The van der Waals surface area contributed by atoms with Gasteiger partial charge in [0.1, 0.15) is 0 Å². The van der Waals surface area contributed by atoms with Crippen molar-refractivity contribution in [2.45, 2.75) is 19.8 Å². The third-order valence-corrected chi connectivity index (χ3v) is 4.92. The molecule has 1 N–H and O–H groups in total. The summed E-state index contributed by atoms with van der Waals surface area (Å²) in [5, 5.41) is 12.4. The molecule has 0 unspecified atom stereocenters. The number of nitrogens with zero attached hydrogens (tertiary/aromatic N) is 2. The van der Waals surface area contributed by atoms with Crippen LogP contribution in [0.15, 0.2) is 89.2 Å². The Morgan fingerprint density at radius 1 is 0.900 bits per heavy atom. The number of carbonyl (C=O) groups is 1. The molecule has 0 amide bonds. The van der Waals surface area contributed by atoms with E-state index in [1.807, 2.05) is 60.7 Å². The second-order valence-corrected chi connectivity index (χ2v) is 7.04. The molecule has 0 aliphatic carbocycles. The van der Waals surface area contributed by atoms with Gasteiger partial charge >= 0.3 is 5.97 Å². The first-order valence-corrected chi connectivity index (χ1v) is 10.1. The molecule has 0 saturated heterocycles. The summed E-state index contributed by atoms with van der Waals surface area (Å²) < 4.78 is 5.43. The van der Waals surface area contributed by atoms with E-state index in [9.17, 15) is 4.79 Å². The van der Waals surface area contributed by atoms with Crippen LogP contribution in [0.1, 0.15) is 30.1 Å². The van der Waals surface area contributed by atoms with Gasteiger partial charge in [0.05, 0.1) is 23.5 Å². The smallest absolute Gasteiger partial charge is 0.338 e. The number of anilines is 1. The molecule has 0 atom stereocenters. The van der Waals surface area contributed by atoms with E-state index in [0.717, 1.165) is 40.1 Å². The average Bonchev–Trinajstić information content (AvgIpc) is 2.79. The minimum Gasteiger partial charge on any atom is -0.462 e. The first-order valence-electron chi connectivity index (χ1n) is 10.1. The van der Waals surface area contributed by atoms with Crippen molar-refractivity contribution < 1.29 is 9.53 Å². The molecule has 4 aromatic carbocycles. The highest BCUT2D eigenvalue weighted by atomic mass is 16.5.